The molecule has 0 spiro atoms. The van der Waals surface area contributed by atoms with E-state index in [4.69, 9.17) is 5.73 Å². The molecule has 0 aromatic heterocycles. The van der Waals surface area contributed by atoms with E-state index in [0.717, 1.165) is 0 Å². The SMILES string of the molecule is CCC(C)(CN)C(=O)c1ccc(C)c(F)c1. The molecule has 0 aliphatic rings. The molecule has 88 valence electrons. The van der Waals surface area contributed by atoms with Crippen molar-refractivity contribution in [2.24, 2.45) is 11.1 Å². The molecule has 2 nitrogen and oxygen atoms in total. The van der Waals surface area contributed by atoms with E-state index in [1.54, 1.807) is 19.1 Å². The molecule has 1 rings (SSSR count). The van der Waals surface area contributed by atoms with Crippen LogP contribution in [0.4, 0.5) is 4.39 Å². The second kappa shape index (κ2) is 4.74. The van der Waals surface area contributed by atoms with Crippen molar-refractivity contribution in [3.8, 4) is 0 Å². The second-order valence-electron chi connectivity index (χ2n) is 4.41. The average Bonchev–Trinajstić information content (AvgIpc) is 2.30. The third kappa shape index (κ3) is 2.30. The molecule has 0 saturated heterocycles. The first-order valence-electron chi connectivity index (χ1n) is 5.45. The largest absolute Gasteiger partial charge is 0.329 e. The van der Waals surface area contributed by atoms with E-state index in [0.29, 0.717) is 17.5 Å². The van der Waals surface area contributed by atoms with E-state index < -0.39 is 5.41 Å². The smallest absolute Gasteiger partial charge is 0.170 e. The summed E-state index contributed by atoms with van der Waals surface area (Å²) in [5.41, 5.74) is 5.96. The predicted molar refractivity (Wildman–Crippen MR) is 62.9 cm³/mol. The molecule has 1 aromatic rings. The van der Waals surface area contributed by atoms with Gasteiger partial charge in [0.15, 0.2) is 5.78 Å². The summed E-state index contributed by atoms with van der Waals surface area (Å²) >= 11 is 0. The van der Waals surface area contributed by atoms with Gasteiger partial charge in [0.2, 0.25) is 0 Å². The van der Waals surface area contributed by atoms with Gasteiger partial charge in [-0.05, 0) is 25.0 Å². The first kappa shape index (κ1) is 12.8. The van der Waals surface area contributed by atoms with Gasteiger partial charge in [-0.15, -0.1) is 0 Å². The lowest BCUT2D eigenvalue weighted by Crippen LogP contribution is -2.35. The van der Waals surface area contributed by atoms with E-state index in [-0.39, 0.29) is 18.1 Å². The lowest BCUT2D eigenvalue weighted by molar-refractivity contribution is 0.0819. The summed E-state index contributed by atoms with van der Waals surface area (Å²) in [5, 5.41) is 0. The van der Waals surface area contributed by atoms with Crippen molar-refractivity contribution in [2.45, 2.75) is 27.2 Å². The van der Waals surface area contributed by atoms with Crippen LogP contribution in [0.1, 0.15) is 36.2 Å². The van der Waals surface area contributed by atoms with E-state index >= 15 is 0 Å². The number of nitrogens with two attached hydrogens (primary N) is 1. The van der Waals surface area contributed by atoms with Crippen LogP contribution in [0.3, 0.4) is 0 Å². The van der Waals surface area contributed by atoms with E-state index in [9.17, 15) is 9.18 Å². The Morgan fingerprint density at radius 3 is 2.56 bits per heavy atom. The molecular formula is C13H18FNO. The second-order valence-corrected chi connectivity index (χ2v) is 4.41. The number of carbonyl (C=O) groups excluding carboxylic acids is 1. The van der Waals surface area contributed by atoms with Gasteiger partial charge in [0.25, 0.3) is 0 Å². The Balaban J connectivity index is 3.09. The molecule has 2 N–H and O–H groups in total. The summed E-state index contributed by atoms with van der Waals surface area (Å²) < 4.78 is 13.4. The summed E-state index contributed by atoms with van der Waals surface area (Å²) in [6.07, 6.45) is 0.651. The van der Waals surface area contributed by atoms with Crippen molar-refractivity contribution in [1.82, 2.24) is 0 Å². The molecule has 0 aliphatic carbocycles. The molecular weight excluding hydrogens is 205 g/mol. The number of aryl methyl sites for hydroxylation is 1. The predicted octanol–water partition coefficient (Wildman–Crippen LogP) is 2.69. The molecule has 0 bridgehead atoms. The van der Waals surface area contributed by atoms with Crippen LogP contribution in [0.25, 0.3) is 0 Å². The minimum absolute atomic E-state index is 0.0867. The average molecular weight is 223 g/mol. The van der Waals surface area contributed by atoms with Gasteiger partial charge in [-0.25, -0.2) is 4.39 Å². The van der Waals surface area contributed by atoms with Gasteiger partial charge in [0, 0.05) is 17.5 Å². The lowest BCUT2D eigenvalue weighted by atomic mass is 9.80. The summed E-state index contributed by atoms with van der Waals surface area (Å²) in [7, 11) is 0. The fraction of sp³-hybridized carbons (Fsp3) is 0.462. The Labute approximate surface area is 95.7 Å². The number of halogens is 1. The van der Waals surface area contributed by atoms with Crippen LogP contribution in [-0.2, 0) is 0 Å². The summed E-state index contributed by atoms with van der Waals surface area (Å²) in [6, 6.07) is 4.57. The highest BCUT2D eigenvalue weighted by Gasteiger charge is 2.30. The minimum atomic E-state index is -0.596. The number of benzene rings is 1. The third-order valence-electron chi connectivity index (χ3n) is 3.21. The lowest BCUT2D eigenvalue weighted by Gasteiger charge is -2.24. The molecule has 1 aromatic carbocycles. The summed E-state index contributed by atoms with van der Waals surface area (Å²) in [6.45, 7) is 5.67. The van der Waals surface area contributed by atoms with Crippen LogP contribution in [0, 0.1) is 18.2 Å². The highest BCUT2D eigenvalue weighted by molar-refractivity contribution is 6.00. The quantitative estimate of drug-likeness (QED) is 0.797. The fourth-order valence-corrected chi connectivity index (χ4v) is 1.48. The van der Waals surface area contributed by atoms with Crippen molar-refractivity contribution in [3.05, 3.63) is 35.1 Å². The monoisotopic (exact) mass is 223 g/mol. The molecule has 0 saturated carbocycles. The van der Waals surface area contributed by atoms with E-state index in [1.807, 2.05) is 13.8 Å². The maximum absolute atomic E-state index is 13.4. The molecule has 0 amide bonds. The van der Waals surface area contributed by atoms with Crippen LogP contribution in [0.5, 0.6) is 0 Å². The van der Waals surface area contributed by atoms with Gasteiger partial charge in [0.1, 0.15) is 5.82 Å². The topological polar surface area (TPSA) is 43.1 Å². The zero-order chi connectivity index (χ0) is 12.3. The van der Waals surface area contributed by atoms with Gasteiger partial charge < -0.3 is 5.73 Å². The van der Waals surface area contributed by atoms with Crippen molar-refractivity contribution in [1.29, 1.82) is 0 Å². The van der Waals surface area contributed by atoms with E-state index in [1.165, 1.54) is 6.07 Å². The first-order chi connectivity index (χ1) is 7.44. The first-order valence-corrected chi connectivity index (χ1v) is 5.45. The molecule has 3 heteroatoms. The number of Topliss-reactive ketones (excluding diaryl/α,β-unsaturated/α-hetero) is 1. The number of ketones is 1. The van der Waals surface area contributed by atoms with Crippen molar-refractivity contribution in [2.75, 3.05) is 6.54 Å². The highest BCUT2D eigenvalue weighted by Crippen LogP contribution is 2.25. The van der Waals surface area contributed by atoms with Gasteiger partial charge in [0.05, 0.1) is 0 Å². The minimum Gasteiger partial charge on any atom is -0.329 e. The Bertz CT molecular complexity index is 397. The zero-order valence-electron chi connectivity index (χ0n) is 10.0. The molecule has 0 heterocycles. The maximum atomic E-state index is 13.4. The third-order valence-corrected chi connectivity index (χ3v) is 3.21. The molecule has 1 unspecified atom stereocenters. The number of hydrogen-bond donors (Lipinski definition) is 1. The summed E-state index contributed by atoms with van der Waals surface area (Å²) in [4.78, 5) is 12.1. The zero-order valence-corrected chi connectivity index (χ0v) is 10.0. The Kier molecular flexibility index (Phi) is 3.81. The highest BCUT2D eigenvalue weighted by atomic mass is 19.1. The van der Waals surface area contributed by atoms with Crippen LogP contribution in [-0.4, -0.2) is 12.3 Å². The van der Waals surface area contributed by atoms with Gasteiger partial charge >= 0.3 is 0 Å². The van der Waals surface area contributed by atoms with Crippen molar-refractivity contribution >= 4 is 5.78 Å². The van der Waals surface area contributed by atoms with Crippen LogP contribution in [0.2, 0.25) is 0 Å². The van der Waals surface area contributed by atoms with Crippen molar-refractivity contribution < 1.29 is 9.18 Å². The maximum Gasteiger partial charge on any atom is 0.170 e. The molecule has 0 fully saturated rings. The number of carbonyl (C=O) groups is 1. The van der Waals surface area contributed by atoms with Gasteiger partial charge in [-0.3, -0.25) is 4.79 Å². The Hall–Kier alpha value is -1.22. The standard InChI is InChI=1S/C13H18FNO/c1-4-13(3,8-15)12(16)10-6-5-9(2)11(14)7-10/h5-7H,4,8,15H2,1-3H3. The molecule has 0 radical (unpaired) electrons. The normalized spacial score (nSPS) is 14.6. The van der Waals surface area contributed by atoms with Gasteiger partial charge in [-0.2, -0.15) is 0 Å². The molecule has 1 atom stereocenters. The van der Waals surface area contributed by atoms with Crippen LogP contribution >= 0.6 is 0 Å². The summed E-state index contributed by atoms with van der Waals surface area (Å²) in [5.74, 6) is -0.433. The molecule has 0 aliphatic heterocycles. The van der Waals surface area contributed by atoms with Gasteiger partial charge in [-0.1, -0.05) is 26.0 Å². The Morgan fingerprint density at radius 1 is 1.50 bits per heavy atom. The number of hydrogen-bond acceptors (Lipinski definition) is 2. The van der Waals surface area contributed by atoms with E-state index in [2.05, 4.69) is 0 Å². The molecule has 16 heavy (non-hydrogen) atoms. The van der Waals surface area contributed by atoms with Crippen LogP contribution < -0.4 is 5.73 Å². The van der Waals surface area contributed by atoms with Crippen molar-refractivity contribution in [3.63, 3.8) is 0 Å². The fourth-order valence-electron chi connectivity index (χ4n) is 1.48. The van der Waals surface area contributed by atoms with Crippen LogP contribution in [0.15, 0.2) is 18.2 Å². The Morgan fingerprint density at radius 2 is 2.12 bits per heavy atom. The number of rotatable bonds is 4.